The molecular weight excluding hydrogens is 134 g/mol. The molecular formula is C5H7N3O2. The Kier molecular flexibility index (Phi) is 2.72. The second-order valence-corrected chi connectivity index (χ2v) is 1.64. The molecule has 1 heterocycles. The zero-order valence-corrected chi connectivity index (χ0v) is 5.27. The summed E-state index contributed by atoms with van der Waals surface area (Å²) >= 11 is 0. The van der Waals surface area contributed by atoms with Crippen molar-refractivity contribution in [1.82, 2.24) is 15.0 Å². The van der Waals surface area contributed by atoms with E-state index in [1.54, 1.807) is 0 Å². The zero-order chi connectivity index (χ0) is 7.23. The molecule has 1 N–H and O–H groups in total. The Morgan fingerprint density at radius 3 is 2.70 bits per heavy atom. The highest BCUT2D eigenvalue weighted by molar-refractivity contribution is 4.80. The van der Waals surface area contributed by atoms with E-state index in [0.29, 0.717) is 12.2 Å². The van der Waals surface area contributed by atoms with E-state index >= 15 is 0 Å². The molecule has 0 aliphatic carbocycles. The highest BCUT2D eigenvalue weighted by Crippen LogP contribution is 1.85. The third-order valence-corrected chi connectivity index (χ3v) is 0.964. The molecule has 0 aliphatic heterocycles. The van der Waals surface area contributed by atoms with Crippen LogP contribution < -0.4 is 0 Å². The van der Waals surface area contributed by atoms with E-state index < -0.39 is 0 Å². The highest BCUT2D eigenvalue weighted by Gasteiger charge is 1.92. The number of hydrogen-bond donors (Lipinski definition) is 1. The van der Waals surface area contributed by atoms with Crippen LogP contribution in [-0.2, 0) is 11.3 Å². The van der Waals surface area contributed by atoms with E-state index in [9.17, 15) is 0 Å². The van der Waals surface area contributed by atoms with Gasteiger partial charge in [0.25, 0.3) is 0 Å². The topological polar surface area (TPSA) is 68.1 Å². The average molecular weight is 141 g/mol. The molecule has 10 heavy (non-hydrogen) atoms. The largest absolute Gasteiger partial charge is 0.252 e. The van der Waals surface area contributed by atoms with E-state index in [4.69, 9.17) is 5.26 Å². The van der Waals surface area contributed by atoms with Gasteiger partial charge in [-0.25, -0.2) is 19.8 Å². The van der Waals surface area contributed by atoms with Crippen molar-refractivity contribution >= 4 is 0 Å². The van der Waals surface area contributed by atoms with Gasteiger partial charge in [-0.15, -0.1) is 0 Å². The lowest BCUT2D eigenvalue weighted by atomic mass is 10.4. The van der Waals surface area contributed by atoms with Crippen molar-refractivity contribution in [3.63, 3.8) is 0 Å². The molecule has 0 aliphatic rings. The van der Waals surface area contributed by atoms with Gasteiger partial charge in [-0.2, -0.15) is 0 Å². The molecule has 0 unspecified atom stereocenters. The van der Waals surface area contributed by atoms with Gasteiger partial charge in [0.1, 0.15) is 18.5 Å². The molecule has 1 aromatic heterocycles. The maximum absolute atomic E-state index is 7.96. The Labute approximate surface area is 57.7 Å². The van der Waals surface area contributed by atoms with Crippen LogP contribution in [0.4, 0.5) is 0 Å². The Morgan fingerprint density at radius 1 is 1.40 bits per heavy atom. The van der Waals surface area contributed by atoms with Gasteiger partial charge in [0.2, 0.25) is 0 Å². The lowest BCUT2D eigenvalue weighted by Gasteiger charge is -1.93. The Balaban J connectivity index is 2.43. The highest BCUT2D eigenvalue weighted by atomic mass is 17.1. The van der Waals surface area contributed by atoms with Crippen molar-refractivity contribution in [2.45, 2.75) is 6.42 Å². The molecule has 0 bridgehead atoms. The normalized spacial score (nSPS) is 9.70. The minimum atomic E-state index is 0.212. The van der Waals surface area contributed by atoms with E-state index in [-0.39, 0.29) is 6.61 Å². The number of rotatable bonds is 3. The van der Waals surface area contributed by atoms with Crippen LogP contribution in [-0.4, -0.2) is 26.8 Å². The molecule has 1 aromatic rings. The molecule has 0 radical (unpaired) electrons. The summed E-state index contributed by atoms with van der Waals surface area (Å²) < 4.78 is 0. The van der Waals surface area contributed by atoms with Crippen LogP contribution in [0.1, 0.15) is 5.82 Å². The van der Waals surface area contributed by atoms with Crippen molar-refractivity contribution in [2.75, 3.05) is 6.61 Å². The van der Waals surface area contributed by atoms with Crippen LogP contribution in [0.25, 0.3) is 0 Å². The van der Waals surface area contributed by atoms with Crippen LogP contribution in [0.15, 0.2) is 12.7 Å². The Morgan fingerprint density at radius 2 is 2.10 bits per heavy atom. The summed E-state index contributed by atoms with van der Waals surface area (Å²) in [5, 5.41) is 7.96. The summed E-state index contributed by atoms with van der Waals surface area (Å²) in [4.78, 5) is 15.1. The van der Waals surface area contributed by atoms with Crippen molar-refractivity contribution in [3.05, 3.63) is 18.5 Å². The molecule has 0 spiro atoms. The minimum Gasteiger partial charge on any atom is -0.252 e. The molecule has 0 fully saturated rings. The quantitative estimate of drug-likeness (QED) is 0.470. The maximum atomic E-state index is 7.96. The second-order valence-electron chi connectivity index (χ2n) is 1.64. The molecule has 1 rings (SSSR count). The van der Waals surface area contributed by atoms with Gasteiger partial charge in [-0.3, -0.25) is 5.26 Å². The minimum absolute atomic E-state index is 0.212. The van der Waals surface area contributed by atoms with E-state index in [1.165, 1.54) is 12.7 Å². The predicted octanol–water partition coefficient (Wildman–Crippen LogP) is -0.0963. The Bertz CT molecular complexity index is 180. The molecule has 0 amide bonds. The van der Waals surface area contributed by atoms with Crippen molar-refractivity contribution in [3.8, 4) is 0 Å². The van der Waals surface area contributed by atoms with Crippen molar-refractivity contribution in [2.24, 2.45) is 0 Å². The molecule has 54 valence electrons. The standard InChI is InChI=1S/C5H7N3O2/c9-10-2-1-5-7-3-6-4-8-5/h3-4,9H,1-2H2. The summed E-state index contributed by atoms with van der Waals surface area (Å²) in [5.41, 5.74) is 0. The fraction of sp³-hybridized carbons (Fsp3) is 0.400. The van der Waals surface area contributed by atoms with Crippen LogP contribution in [0.5, 0.6) is 0 Å². The number of aromatic nitrogens is 3. The summed E-state index contributed by atoms with van der Waals surface area (Å²) in [6.45, 7) is 0.212. The lowest BCUT2D eigenvalue weighted by molar-refractivity contribution is -0.241. The SMILES string of the molecule is OOCCc1ncncn1. The first kappa shape index (κ1) is 7.04. The molecule has 0 saturated carbocycles. The lowest BCUT2D eigenvalue weighted by Crippen LogP contribution is -2.00. The van der Waals surface area contributed by atoms with Crippen molar-refractivity contribution in [1.29, 1.82) is 0 Å². The molecule has 5 heteroatoms. The van der Waals surface area contributed by atoms with Gasteiger partial charge in [-0.05, 0) is 0 Å². The maximum Gasteiger partial charge on any atom is 0.134 e. The van der Waals surface area contributed by atoms with Crippen LogP contribution in [0.3, 0.4) is 0 Å². The Hall–Kier alpha value is -1.07. The molecule has 0 saturated heterocycles. The summed E-state index contributed by atoms with van der Waals surface area (Å²) in [6.07, 6.45) is 3.30. The van der Waals surface area contributed by atoms with Gasteiger partial charge in [0.05, 0.1) is 6.61 Å². The fourth-order valence-electron chi connectivity index (χ4n) is 0.529. The van der Waals surface area contributed by atoms with Gasteiger partial charge in [0.15, 0.2) is 0 Å². The first-order valence-corrected chi connectivity index (χ1v) is 2.80. The summed E-state index contributed by atoms with van der Waals surface area (Å²) in [5.74, 6) is 0.615. The summed E-state index contributed by atoms with van der Waals surface area (Å²) in [7, 11) is 0. The third-order valence-electron chi connectivity index (χ3n) is 0.964. The van der Waals surface area contributed by atoms with E-state index in [2.05, 4.69) is 19.8 Å². The molecule has 0 aromatic carbocycles. The summed E-state index contributed by atoms with van der Waals surface area (Å²) in [6, 6.07) is 0. The smallest absolute Gasteiger partial charge is 0.134 e. The second kappa shape index (κ2) is 3.86. The van der Waals surface area contributed by atoms with Crippen LogP contribution >= 0.6 is 0 Å². The van der Waals surface area contributed by atoms with Crippen LogP contribution in [0.2, 0.25) is 0 Å². The zero-order valence-electron chi connectivity index (χ0n) is 5.27. The van der Waals surface area contributed by atoms with Gasteiger partial charge in [-0.1, -0.05) is 0 Å². The third kappa shape index (κ3) is 2.04. The average Bonchev–Trinajstić information content (AvgIpc) is 2.03. The molecule has 0 atom stereocenters. The number of nitrogens with zero attached hydrogens (tertiary/aromatic N) is 3. The van der Waals surface area contributed by atoms with Crippen LogP contribution in [0, 0.1) is 0 Å². The van der Waals surface area contributed by atoms with Gasteiger partial charge < -0.3 is 0 Å². The number of hydrogen-bond acceptors (Lipinski definition) is 5. The molecule has 5 nitrogen and oxygen atoms in total. The van der Waals surface area contributed by atoms with E-state index in [1.807, 2.05) is 0 Å². The van der Waals surface area contributed by atoms with Crippen molar-refractivity contribution < 1.29 is 10.1 Å². The first-order chi connectivity index (χ1) is 4.93. The van der Waals surface area contributed by atoms with E-state index in [0.717, 1.165) is 0 Å². The van der Waals surface area contributed by atoms with Gasteiger partial charge >= 0.3 is 0 Å². The monoisotopic (exact) mass is 141 g/mol. The van der Waals surface area contributed by atoms with Gasteiger partial charge in [0, 0.05) is 6.42 Å². The fourth-order valence-corrected chi connectivity index (χ4v) is 0.529. The first-order valence-electron chi connectivity index (χ1n) is 2.80. The predicted molar refractivity (Wildman–Crippen MR) is 32.1 cm³/mol.